The molecule has 2 nitrogen and oxygen atoms in total. The second-order valence-electron chi connectivity index (χ2n) is 5.35. The molecule has 0 spiro atoms. The van der Waals surface area contributed by atoms with Crippen molar-refractivity contribution in [3.05, 3.63) is 34.4 Å². The first-order valence-electron chi connectivity index (χ1n) is 6.52. The fourth-order valence-electron chi connectivity index (χ4n) is 3.27. The Morgan fingerprint density at radius 2 is 1.94 bits per heavy atom. The topological polar surface area (TPSA) is 32.3 Å². The van der Waals surface area contributed by atoms with E-state index in [0.29, 0.717) is 11.8 Å². The number of rotatable bonds is 3. The van der Waals surface area contributed by atoms with Crippen LogP contribution in [0.2, 0.25) is 0 Å². The van der Waals surface area contributed by atoms with Crippen LogP contribution in [-0.2, 0) is 0 Å². The Hall–Kier alpha value is -0.860. The van der Waals surface area contributed by atoms with E-state index in [4.69, 9.17) is 0 Å². The first-order valence-corrected chi connectivity index (χ1v) is 6.52. The van der Waals surface area contributed by atoms with Crippen LogP contribution in [0.3, 0.4) is 0 Å². The van der Waals surface area contributed by atoms with Gasteiger partial charge in [0, 0.05) is 5.92 Å². The van der Waals surface area contributed by atoms with Crippen LogP contribution in [0.5, 0.6) is 0 Å². The van der Waals surface area contributed by atoms with Crippen molar-refractivity contribution >= 4 is 0 Å². The van der Waals surface area contributed by atoms with Crippen molar-refractivity contribution in [3.63, 3.8) is 0 Å². The summed E-state index contributed by atoms with van der Waals surface area (Å²) in [6, 6.07) is 4.46. The van der Waals surface area contributed by atoms with Crippen molar-refractivity contribution in [2.45, 2.75) is 33.1 Å². The smallest absolute Gasteiger partial charge is 0.0503 e. The van der Waals surface area contributed by atoms with Gasteiger partial charge < -0.3 is 10.4 Å². The van der Waals surface area contributed by atoms with Crippen LogP contribution < -0.4 is 5.32 Å². The van der Waals surface area contributed by atoms with Gasteiger partial charge in [-0.3, -0.25) is 0 Å². The van der Waals surface area contributed by atoms with Gasteiger partial charge in [0.05, 0.1) is 6.61 Å². The average Bonchev–Trinajstić information content (AvgIpc) is 2.76. The molecule has 1 aliphatic rings. The zero-order valence-electron chi connectivity index (χ0n) is 11.1. The maximum absolute atomic E-state index is 9.73. The molecule has 2 rings (SSSR count). The Morgan fingerprint density at radius 1 is 1.29 bits per heavy atom. The van der Waals surface area contributed by atoms with Crippen molar-refractivity contribution in [2.24, 2.45) is 5.92 Å². The van der Waals surface area contributed by atoms with Gasteiger partial charge in [0.2, 0.25) is 0 Å². The lowest BCUT2D eigenvalue weighted by Crippen LogP contribution is -2.21. The van der Waals surface area contributed by atoms with Crippen LogP contribution >= 0.6 is 0 Å². The van der Waals surface area contributed by atoms with E-state index in [1.54, 1.807) is 0 Å². The molecule has 0 aromatic heterocycles. The minimum Gasteiger partial charge on any atom is -0.396 e. The summed E-state index contributed by atoms with van der Waals surface area (Å²) < 4.78 is 0. The highest BCUT2D eigenvalue weighted by atomic mass is 16.3. The van der Waals surface area contributed by atoms with Crippen LogP contribution in [0.1, 0.15) is 34.6 Å². The first-order chi connectivity index (χ1) is 8.13. The van der Waals surface area contributed by atoms with Gasteiger partial charge in [-0.05, 0) is 62.9 Å². The van der Waals surface area contributed by atoms with E-state index < -0.39 is 0 Å². The third-order valence-electron chi connectivity index (χ3n) is 3.97. The van der Waals surface area contributed by atoms with Crippen LogP contribution in [0.15, 0.2) is 12.1 Å². The number of hydrogen-bond acceptors (Lipinski definition) is 2. The average molecular weight is 233 g/mol. The largest absolute Gasteiger partial charge is 0.396 e. The number of aryl methyl sites for hydroxylation is 3. The zero-order valence-corrected chi connectivity index (χ0v) is 11.1. The Kier molecular flexibility index (Phi) is 3.85. The van der Waals surface area contributed by atoms with Gasteiger partial charge >= 0.3 is 0 Å². The maximum atomic E-state index is 9.73. The summed E-state index contributed by atoms with van der Waals surface area (Å²) in [7, 11) is 0. The molecule has 0 radical (unpaired) electrons. The predicted molar refractivity (Wildman–Crippen MR) is 71.5 cm³/mol. The van der Waals surface area contributed by atoms with Crippen LogP contribution in [0.25, 0.3) is 0 Å². The fourth-order valence-corrected chi connectivity index (χ4v) is 3.27. The molecule has 0 amide bonds. The maximum Gasteiger partial charge on any atom is 0.0503 e. The summed E-state index contributed by atoms with van der Waals surface area (Å²) in [6.07, 6.45) is 1.18. The van der Waals surface area contributed by atoms with E-state index in [-0.39, 0.29) is 6.61 Å². The first kappa shape index (κ1) is 12.6. The standard InChI is InChI=1S/C15H23NO/c1-10-6-11(2)15(12(3)7-10)14(9-17)13-4-5-16-8-13/h6-7,13-14,16-17H,4-5,8-9H2,1-3H3. The molecule has 2 N–H and O–H groups in total. The van der Waals surface area contributed by atoms with Gasteiger partial charge in [-0.1, -0.05) is 17.7 Å². The van der Waals surface area contributed by atoms with Crippen LogP contribution in [-0.4, -0.2) is 24.8 Å². The number of nitrogens with one attached hydrogen (secondary N) is 1. The van der Waals surface area contributed by atoms with E-state index in [0.717, 1.165) is 13.1 Å². The molecule has 1 aromatic rings. The van der Waals surface area contributed by atoms with Gasteiger partial charge in [0.1, 0.15) is 0 Å². The minimum atomic E-state index is 0.261. The normalized spacial score (nSPS) is 21.8. The molecular weight excluding hydrogens is 210 g/mol. The van der Waals surface area contributed by atoms with E-state index in [1.165, 1.54) is 28.7 Å². The summed E-state index contributed by atoms with van der Waals surface area (Å²) in [5, 5.41) is 13.1. The molecule has 1 fully saturated rings. The quantitative estimate of drug-likeness (QED) is 0.839. The summed E-state index contributed by atoms with van der Waals surface area (Å²) >= 11 is 0. The monoisotopic (exact) mass is 233 g/mol. The molecule has 0 bridgehead atoms. The van der Waals surface area contributed by atoms with Crippen molar-refractivity contribution in [1.82, 2.24) is 5.32 Å². The number of benzene rings is 1. The van der Waals surface area contributed by atoms with Crippen LogP contribution in [0.4, 0.5) is 0 Å². The number of aliphatic hydroxyl groups is 1. The lowest BCUT2D eigenvalue weighted by Gasteiger charge is -2.25. The minimum absolute atomic E-state index is 0.261. The molecule has 2 unspecified atom stereocenters. The molecule has 0 saturated carbocycles. The van der Waals surface area contributed by atoms with Crippen molar-refractivity contribution in [1.29, 1.82) is 0 Å². The highest BCUT2D eigenvalue weighted by molar-refractivity contribution is 5.40. The Labute approximate surface area is 104 Å². The Morgan fingerprint density at radius 3 is 2.41 bits per heavy atom. The van der Waals surface area contributed by atoms with Gasteiger partial charge in [-0.25, -0.2) is 0 Å². The van der Waals surface area contributed by atoms with Gasteiger partial charge in [-0.15, -0.1) is 0 Å². The molecule has 94 valence electrons. The molecule has 2 heteroatoms. The fraction of sp³-hybridized carbons (Fsp3) is 0.600. The second kappa shape index (κ2) is 5.19. The molecule has 1 aliphatic heterocycles. The molecular formula is C15H23NO. The molecule has 17 heavy (non-hydrogen) atoms. The van der Waals surface area contributed by atoms with Gasteiger partial charge in [0.15, 0.2) is 0 Å². The summed E-state index contributed by atoms with van der Waals surface area (Å²) in [5.41, 5.74) is 5.33. The lowest BCUT2D eigenvalue weighted by atomic mass is 9.81. The van der Waals surface area contributed by atoms with E-state index >= 15 is 0 Å². The Bertz CT molecular complexity index is 371. The van der Waals surface area contributed by atoms with Crippen molar-refractivity contribution < 1.29 is 5.11 Å². The number of aliphatic hydroxyl groups excluding tert-OH is 1. The highest BCUT2D eigenvalue weighted by Crippen LogP contribution is 2.33. The molecule has 2 atom stereocenters. The molecule has 0 aliphatic carbocycles. The molecule has 1 aromatic carbocycles. The second-order valence-corrected chi connectivity index (χ2v) is 5.35. The summed E-state index contributed by atoms with van der Waals surface area (Å²) in [5.74, 6) is 0.880. The van der Waals surface area contributed by atoms with E-state index in [1.807, 2.05) is 0 Å². The third kappa shape index (κ3) is 2.53. The van der Waals surface area contributed by atoms with Crippen molar-refractivity contribution in [2.75, 3.05) is 19.7 Å². The summed E-state index contributed by atoms with van der Waals surface area (Å²) in [6.45, 7) is 8.86. The van der Waals surface area contributed by atoms with Crippen LogP contribution in [0, 0.1) is 26.7 Å². The SMILES string of the molecule is Cc1cc(C)c(C(CO)C2CCNC2)c(C)c1. The van der Waals surface area contributed by atoms with E-state index in [9.17, 15) is 5.11 Å². The summed E-state index contributed by atoms with van der Waals surface area (Å²) in [4.78, 5) is 0. The van der Waals surface area contributed by atoms with Crippen molar-refractivity contribution in [3.8, 4) is 0 Å². The zero-order chi connectivity index (χ0) is 12.4. The number of hydrogen-bond donors (Lipinski definition) is 2. The van der Waals surface area contributed by atoms with E-state index in [2.05, 4.69) is 38.2 Å². The Balaban J connectivity index is 2.36. The highest BCUT2D eigenvalue weighted by Gasteiger charge is 2.27. The van der Waals surface area contributed by atoms with Gasteiger partial charge in [0.25, 0.3) is 0 Å². The molecule has 1 saturated heterocycles. The third-order valence-corrected chi connectivity index (χ3v) is 3.97. The van der Waals surface area contributed by atoms with Gasteiger partial charge in [-0.2, -0.15) is 0 Å². The predicted octanol–water partition coefficient (Wildman–Crippen LogP) is 2.30. The lowest BCUT2D eigenvalue weighted by molar-refractivity contribution is 0.230. The molecule has 1 heterocycles.